The molecular formula is C23H30N6O4. The van der Waals surface area contributed by atoms with Crippen LogP contribution < -0.4 is 15.5 Å². The summed E-state index contributed by atoms with van der Waals surface area (Å²) >= 11 is 0. The van der Waals surface area contributed by atoms with Gasteiger partial charge >= 0.3 is 6.03 Å². The lowest BCUT2D eigenvalue weighted by molar-refractivity contribution is -0.129. The van der Waals surface area contributed by atoms with Crippen LogP contribution in [0.2, 0.25) is 0 Å². The topological polar surface area (TPSA) is 120 Å². The van der Waals surface area contributed by atoms with Crippen molar-refractivity contribution in [2.24, 2.45) is 0 Å². The van der Waals surface area contributed by atoms with Crippen LogP contribution in [0.3, 0.4) is 0 Å². The highest BCUT2D eigenvalue weighted by atomic mass is 16.5. The largest absolute Gasteiger partial charge is 0.395 e. The van der Waals surface area contributed by atoms with Crippen molar-refractivity contribution in [3.8, 4) is 11.4 Å². The van der Waals surface area contributed by atoms with E-state index >= 15 is 0 Å². The number of aliphatic hydroxyl groups is 1. The van der Waals surface area contributed by atoms with E-state index in [1.807, 2.05) is 17.0 Å². The molecule has 0 saturated carbocycles. The summed E-state index contributed by atoms with van der Waals surface area (Å²) in [4.78, 5) is 37.7. The van der Waals surface area contributed by atoms with E-state index in [0.29, 0.717) is 37.8 Å². The first-order chi connectivity index (χ1) is 16.0. The van der Waals surface area contributed by atoms with Crippen molar-refractivity contribution >= 4 is 23.4 Å². The SMILES string of the molecule is CC(=O)N1CCc2c(nc(-c3ccc(NC(=O)NCCO)cc3)nc2N2CCOC[C@@H]2C)C1. The predicted molar refractivity (Wildman–Crippen MR) is 124 cm³/mol. The van der Waals surface area contributed by atoms with Gasteiger partial charge in [-0.1, -0.05) is 0 Å². The van der Waals surface area contributed by atoms with Crippen molar-refractivity contribution in [3.63, 3.8) is 0 Å². The van der Waals surface area contributed by atoms with E-state index < -0.39 is 0 Å². The van der Waals surface area contributed by atoms with Crippen molar-refractivity contribution in [2.45, 2.75) is 32.9 Å². The third kappa shape index (κ3) is 5.23. The molecule has 1 aromatic heterocycles. The predicted octanol–water partition coefficient (Wildman–Crippen LogP) is 1.39. The minimum absolute atomic E-state index is 0.0389. The van der Waals surface area contributed by atoms with E-state index in [9.17, 15) is 9.59 Å². The van der Waals surface area contributed by atoms with Gasteiger partial charge in [0.1, 0.15) is 5.82 Å². The Morgan fingerprint density at radius 1 is 1.21 bits per heavy atom. The molecule has 2 aliphatic heterocycles. The molecule has 1 fully saturated rings. The van der Waals surface area contributed by atoms with Gasteiger partial charge in [0.15, 0.2) is 5.82 Å². The Kier molecular flexibility index (Phi) is 7.05. The van der Waals surface area contributed by atoms with Gasteiger partial charge in [-0.25, -0.2) is 14.8 Å². The molecule has 0 bridgehead atoms. The molecule has 1 saturated heterocycles. The molecular weight excluding hydrogens is 424 g/mol. The van der Waals surface area contributed by atoms with Crippen molar-refractivity contribution in [2.75, 3.05) is 49.7 Å². The Morgan fingerprint density at radius 3 is 2.70 bits per heavy atom. The number of hydrogen-bond acceptors (Lipinski definition) is 7. The first-order valence-electron chi connectivity index (χ1n) is 11.2. The van der Waals surface area contributed by atoms with Crippen LogP contribution in [0.15, 0.2) is 24.3 Å². The number of urea groups is 1. The molecule has 2 aliphatic rings. The quantitative estimate of drug-likeness (QED) is 0.624. The number of ether oxygens (including phenoxy) is 1. The second-order valence-electron chi connectivity index (χ2n) is 8.29. The van der Waals surface area contributed by atoms with Crippen LogP contribution in [0.5, 0.6) is 0 Å². The second-order valence-corrected chi connectivity index (χ2v) is 8.29. The number of hydrogen-bond donors (Lipinski definition) is 3. The highest BCUT2D eigenvalue weighted by Crippen LogP contribution is 2.31. The van der Waals surface area contributed by atoms with E-state index in [1.165, 1.54) is 0 Å². The summed E-state index contributed by atoms with van der Waals surface area (Å²) < 4.78 is 5.62. The van der Waals surface area contributed by atoms with Crippen molar-refractivity contribution in [1.82, 2.24) is 20.2 Å². The van der Waals surface area contributed by atoms with Gasteiger partial charge in [0.2, 0.25) is 5.91 Å². The molecule has 3 heterocycles. The first kappa shape index (κ1) is 22.9. The summed E-state index contributed by atoms with van der Waals surface area (Å²) in [5, 5.41) is 14.1. The Labute approximate surface area is 193 Å². The molecule has 10 nitrogen and oxygen atoms in total. The molecule has 3 N–H and O–H groups in total. The number of aliphatic hydroxyl groups excluding tert-OH is 1. The molecule has 10 heteroatoms. The molecule has 3 amide bonds. The zero-order valence-corrected chi connectivity index (χ0v) is 19.0. The summed E-state index contributed by atoms with van der Waals surface area (Å²) in [7, 11) is 0. The molecule has 0 radical (unpaired) electrons. The number of carbonyl (C=O) groups is 2. The number of benzene rings is 1. The van der Waals surface area contributed by atoms with E-state index in [0.717, 1.165) is 35.6 Å². The molecule has 1 aromatic carbocycles. The number of carbonyl (C=O) groups excluding carboxylic acids is 2. The molecule has 2 aromatic rings. The molecule has 33 heavy (non-hydrogen) atoms. The number of anilines is 2. The van der Waals surface area contributed by atoms with E-state index in [-0.39, 0.29) is 31.1 Å². The number of aromatic nitrogens is 2. The second kappa shape index (κ2) is 10.1. The van der Waals surface area contributed by atoms with Crippen LogP contribution in [0, 0.1) is 0 Å². The molecule has 0 unspecified atom stereocenters. The standard InChI is InChI=1S/C23H30N6O4/c1-15-14-33-12-10-29(15)22-19-7-9-28(16(2)31)13-20(19)26-21(27-22)17-3-5-18(6-4-17)25-23(32)24-8-11-30/h3-6,15,30H,7-14H2,1-2H3,(H2,24,25,32)/t15-/m0/s1. The molecule has 176 valence electrons. The zero-order valence-electron chi connectivity index (χ0n) is 19.0. The van der Waals surface area contributed by atoms with Crippen molar-refractivity contribution in [3.05, 3.63) is 35.5 Å². The zero-order chi connectivity index (χ0) is 23.4. The average molecular weight is 455 g/mol. The Hall–Kier alpha value is -3.24. The van der Waals surface area contributed by atoms with Crippen LogP contribution in [0.4, 0.5) is 16.3 Å². The van der Waals surface area contributed by atoms with Gasteiger partial charge in [0.25, 0.3) is 0 Å². The number of nitrogens with zero attached hydrogens (tertiary/aromatic N) is 4. The van der Waals surface area contributed by atoms with Gasteiger partial charge < -0.3 is 30.3 Å². The fraction of sp³-hybridized carbons (Fsp3) is 0.478. The lowest BCUT2D eigenvalue weighted by Gasteiger charge is -2.37. The van der Waals surface area contributed by atoms with Gasteiger partial charge in [-0.3, -0.25) is 4.79 Å². The third-order valence-electron chi connectivity index (χ3n) is 5.93. The lowest BCUT2D eigenvalue weighted by atomic mass is 10.0. The highest BCUT2D eigenvalue weighted by Gasteiger charge is 2.29. The maximum Gasteiger partial charge on any atom is 0.319 e. The molecule has 0 aliphatic carbocycles. The van der Waals surface area contributed by atoms with Gasteiger partial charge in [-0.15, -0.1) is 0 Å². The van der Waals surface area contributed by atoms with Crippen LogP contribution in [0.25, 0.3) is 11.4 Å². The molecule has 4 rings (SSSR count). The van der Waals surface area contributed by atoms with Crippen LogP contribution >= 0.6 is 0 Å². The summed E-state index contributed by atoms with van der Waals surface area (Å²) in [6.07, 6.45) is 0.723. The lowest BCUT2D eigenvalue weighted by Crippen LogP contribution is -2.45. The number of fused-ring (bicyclic) bond motifs is 1. The monoisotopic (exact) mass is 454 g/mol. The minimum Gasteiger partial charge on any atom is -0.395 e. The summed E-state index contributed by atoms with van der Waals surface area (Å²) in [6, 6.07) is 7.11. The van der Waals surface area contributed by atoms with Crippen LogP contribution in [-0.2, 0) is 22.5 Å². The Balaban J connectivity index is 1.65. The van der Waals surface area contributed by atoms with E-state index in [1.54, 1.807) is 19.1 Å². The van der Waals surface area contributed by atoms with Gasteiger partial charge in [-0.05, 0) is 37.6 Å². The maximum atomic E-state index is 12.0. The fourth-order valence-electron chi connectivity index (χ4n) is 4.14. The number of morpholine rings is 1. The van der Waals surface area contributed by atoms with Crippen LogP contribution in [-0.4, -0.2) is 77.4 Å². The van der Waals surface area contributed by atoms with Crippen LogP contribution in [0.1, 0.15) is 25.1 Å². The maximum absolute atomic E-state index is 12.0. The summed E-state index contributed by atoms with van der Waals surface area (Å²) in [5.74, 6) is 1.54. The average Bonchev–Trinajstić information content (AvgIpc) is 2.82. The molecule has 1 atom stereocenters. The van der Waals surface area contributed by atoms with E-state index in [2.05, 4.69) is 22.5 Å². The Morgan fingerprint density at radius 2 is 2.00 bits per heavy atom. The van der Waals surface area contributed by atoms with E-state index in [4.69, 9.17) is 19.8 Å². The normalized spacial score (nSPS) is 18.0. The van der Waals surface area contributed by atoms with Gasteiger partial charge in [0, 0.05) is 43.4 Å². The van der Waals surface area contributed by atoms with Gasteiger partial charge in [0.05, 0.1) is 38.1 Å². The number of rotatable bonds is 5. The van der Waals surface area contributed by atoms with Gasteiger partial charge in [-0.2, -0.15) is 0 Å². The first-order valence-corrected chi connectivity index (χ1v) is 11.2. The van der Waals surface area contributed by atoms with Crippen molar-refractivity contribution < 1.29 is 19.4 Å². The Bertz CT molecular complexity index is 1010. The highest BCUT2D eigenvalue weighted by molar-refractivity contribution is 5.89. The summed E-state index contributed by atoms with van der Waals surface area (Å²) in [5.41, 5.74) is 3.42. The molecule has 0 spiro atoms. The third-order valence-corrected chi connectivity index (χ3v) is 5.93. The minimum atomic E-state index is -0.380. The fourth-order valence-corrected chi connectivity index (χ4v) is 4.14. The number of amides is 3. The van der Waals surface area contributed by atoms with Crippen molar-refractivity contribution in [1.29, 1.82) is 0 Å². The smallest absolute Gasteiger partial charge is 0.319 e. The number of nitrogens with one attached hydrogen (secondary N) is 2. The summed E-state index contributed by atoms with van der Waals surface area (Å²) in [6.45, 7) is 6.96.